The van der Waals surface area contributed by atoms with Crippen LogP contribution in [-0.2, 0) is 15.0 Å². The van der Waals surface area contributed by atoms with Gasteiger partial charge in [0.05, 0.1) is 16.1 Å². The number of pyridine rings is 1. The zero-order valence-electron chi connectivity index (χ0n) is 20.7. The number of aromatic nitrogens is 1. The average Bonchev–Trinajstić information content (AvgIpc) is 3.13. The van der Waals surface area contributed by atoms with E-state index in [1.54, 1.807) is 50.3 Å². The van der Waals surface area contributed by atoms with Gasteiger partial charge in [-0.3, -0.25) is 14.6 Å². The van der Waals surface area contributed by atoms with Gasteiger partial charge < -0.3 is 10.0 Å². The van der Waals surface area contributed by atoms with Crippen LogP contribution in [0.25, 0.3) is 33.9 Å². The highest BCUT2D eigenvalue weighted by atomic mass is 35.5. The second-order valence-electron chi connectivity index (χ2n) is 9.64. The number of halogens is 1. The summed E-state index contributed by atoms with van der Waals surface area (Å²) >= 11 is 6.69. The van der Waals surface area contributed by atoms with E-state index in [-0.39, 0.29) is 5.91 Å². The predicted octanol–water partition coefficient (Wildman–Crippen LogP) is 6.95. The molecule has 0 aliphatic carbocycles. The maximum Gasteiger partial charge on any atom is 0.313 e. The predicted molar refractivity (Wildman–Crippen MR) is 149 cm³/mol. The molecule has 0 radical (unpaired) electrons. The summed E-state index contributed by atoms with van der Waals surface area (Å²) in [5.74, 6) is -1.01. The van der Waals surface area contributed by atoms with Crippen molar-refractivity contribution in [2.45, 2.75) is 19.3 Å². The topological polar surface area (TPSA) is 70.5 Å². The molecule has 1 aliphatic heterocycles. The number of anilines is 1. The first-order chi connectivity index (χ1) is 17.7. The first-order valence-corrected chi connectivity index (χ1v) is 12.2. The van der Waals surface area contributed by atoms with Gasteiger partial charge in [-0.25, -0.2) is 0 Å². The van der Waals surface area contributed by atoms with Crippen LogP contribution in [0, 0.1) is 0 Å². The van der Waals surface area contributed by atoms with Crippen molar-refractivity contribution >= 4 is 40.8 Å². The van der Waals surface area contributed by atoms with Crippen LogP contribution in [0.4, 0.5) is 5.69 Å². The molecule has 0 spiro atoms. The summed E-state index contributed by atoms with van der Waals surface area (Å²) in [7, 11) is 1.74. The number of carbonyl (C=O) groups excluding carboxylic acids is 1. The number of carbonyl (C=O) groups is 2. The van der Waals surface area contributed by atoms with Crippen molar-refractivity contribution in [1.82, 2.24) is 4.98 Å². The molecular formula is C31H25ClN2O3. The van der Waals surface area contributed by atoms with Gasteiger partial charge in [0.15, 0.2) is 0 Å². The maximum absolute atomic E-state index is 13.2. The van der Waals surface area contributed by atoms with Crippen LogP contribution >= 0.6 is 11.6 Å². The minimum atomic E-state index is -1.000. The Morgan fingerprint density at radius 3 is 2.11 bits per heavy atom. The normalized spacial score (nSPS) is 14.2. The Morgan fingerprint density at radius 2 is 1.49 bits per heavy atom. The van der Waals surface area contributed by atoms with Crippen molar-refractivity contribution in [2.24, 2.45) is 0 Å². The zero-order valence-corrected chi connectivity index (χ0v) is 21.5. The minimum Gasteiger partial charge on any atom is -0.481 e. The average molecular weight is 509 g/mol. The third kappa shape index (κ3) is 4.43. The molecule has 0 saturated carbocycles. The highest BCUT2D eigenvalue weighted by molar-refractivity contribution is 6.38. The highest BCUT2D eigenvalue weighted by Gasteiger charge is 2.32. The van der Waals surface area contributed by atoms with Crippen LogP contribution in [0.2, 0.25) is 5.02 Å². The fraction of sp³-hybridized carbons (Fsp3) is 0.129. The molecule has 5 nitrogen and oxygen atoms in total. The van der Waals surface area contributed by atoms with Gasteiger partial charge >= 0.3 is 5.97 Å². The van der Waals surface area contributed by atoms with E-state index in [9.17, 15) is 14.7 Å². The van der Waals surface area contributed by atoms with Crippen molar-refractivity contribution < 1.29 is 14.7 Å². The van der Waals surface area contributed by atoms with E-state index in [2.05, 4.69) is 4.98 Å². The Balaban J connectivity index is 1.52. The molecule has 6 heteroatoms. The summed E-state index contributed by atoms with van der Waals surface area (Å²) in [6.45, 7) is 3.34. The molecule has 2 heterocycles. The van der Waals surface area contributed by atoms with Crippen molar-refractivity contribution in [3.05, 3.63) is 107 Å². The molecule has 0 bridgehead atoms. The molecule has 0 fully saturated rings. The lowest BCUT2D eigenvalue weighted by Crippen LogP contribution is -2.28. The number of rotatable bonds is 5. The molecule has 1 amide bonds. The fourth-order valence-corrected chi connectivity index (χ4v) is 4.76. The lowest BCUT2D eigenvalue weighted by molar-refractivity contribution is -0.142. The molecule has 0 unspecified atom stereocenters. The van der Waals surface area contributed by atoms with Crippen molar-refractivity contribution in [3.8, 4) is 22.3 Å². The number of aliphatic carboxylic acids is 1. The number of fused-ring (bicyclic) bond motifs is 1. The number of carboxylic acids is 1. The second-order valence-corrected chi connectivity index (χ2v) is 10.0. The standard InChI is InChI=1S/C31H25ClN2O3/c1-31(2,30(36)37)23-10-4-19(5-11-23)16-26-25-17-24(27(32)18-28(25)34(3)29(26)35)22-8-6-20(7-9-22)21-12-14-33-15-13-21/h4-18H,1-3H3,(H,36,37)/b26-16-. The van der Waals surface area contributed by atoms with E-state index in [0.717, 1.165) is 39.1 Å². The number of nitrogens with zero attached hydrogens (tertiary/aromatic N) is 2. The van der Waals surface area contributed by atoms with Gasteiger partial charge in [0.2, 0.25) is 0 Å². The lowest BCUT2D eigenvalue weighted by Gasteiger charge is -2.19. The van der Waals surface area contributed by atoms with Crippen molar-refractivity contribution in [3.63, 3.8) is 0 Å². The molecule has 1 N–H and O–H groups in total. The largest absolute Gasteiger partial charge is 0.481 e. The van der Waals surface area contributed by atoms with E-state index in [1.807, 2.05) is 66.7 Å². The van der Waals surface area contributed by atoms with Crippen LogP contribution in [0.5, 0.6) is 0 Å². The molecule has 37 heavy (non-hydrogen) atoms. The summed E-state index contributed by atoms with van der Waals surface area (Å²) in [6, 6.07) is 23.1. The van der Waals surface area contributed by atoms with Gasteiger partial charge in [-0.2, -0.15) is 0 Å². The van der Waals surface area contributed by atoms with E-state index in [0.29, 0.717) is 16.2 Å². The summed E-state index contributed by atoms with van der Waals surface area (Å²) in [5, 5.41) is 10.1. The number of hydrogen-bond acceptors (Lipinski definition) is 3. The summed E-state index contributed by atoms with van der Waals surface area (Å²) in [4.78, 5) is 30.4. The first kappa shape index (κ1) is 24.5. The fourth-order valence-electron chi connectivity index (χ4n) is 4.49. The summed E-state index contributed by atoms with van der Waals surface area (Å²) in [5.41, 5.74) is 6.58. The lowest BCUT2D eigenvalue weighted by atomic mass is 9.84. The van der Waals surface area contributed by atoms with Crippen LogP contribution in [0.3, 0.4) is 0 Å². The zero-order chi connectivity index (χ0) is 26.3. The Hall–Kier alpha value is -4.22. The molecule has 0 saturated heterocycles. The smallest absolute Gasteiger partial charge is 0.313 e. The molecule has 184 valence electrons. The molecule has 0 atom stereocenters. The highest BCUT2D eigenvalue weighted by Crippen LogP contribution is 2.43. The van der Waals surface area contributed by atoms with Crippen LogP contribution in [-0.4, -0.2) is 29.0 Å². The number of hydrogen-bond donors (Lipinski definition) is 1. The number of likely N-dealkylation sites (N-methyl/N-ethyl adjacent to an activating group) is 1. The maximum atomic E-state index is 13.2. The molecule has 4 aromatic rings. The van der Waals surface area contributed by atoms with Gasteiger partial charge in [-0.05, 0) is 72.0 Å². The van der Waals surface area contributed by atoms with Crippen molar-refractivity contribution in [2.75, 3.05) is 11.9 Å². The van der Waals surface area contributed by atoms with Gasteiger partial charge in [-0.15, -0.1) is 0 Å². The quantitative estimate of drug-likeness (QED) is 0.296. The SMILES string of the molecule is CN1C(=O)/C(=C\c2ccc(C(C)(C)C(=O)O)cc2)c2cc(-c3ccc(-c4ccncc4)cc3)c(Cl)cc21. The van der Waals surface area contributed by atoms with Gasteiger partial charge in [-0.1, -0.05) is 60.1 Å². The van der Waals surface area contributed by atoms with Crippen LogP contribution in [0.15, 0.2) is 85.2 Å². The van der Waals surface area contributed by atoms with Crippen LogP contribution in [0.1, 0.15) is 30.5 Å². The number of carboxylic acid groups (broad SMARTS) is 1. The molecule has 5 rings (SSSR count). The number of amides is 1. The third-order valence-electron chi connectivity index (χ3n) is 6.96. The third-order valence-corrected chi connectivity index (χ3v) is 7.27. The first-order valence-electron chi connectivity index (χ1n) is 11.9. The van der Waals surface area contributed by atoms with E-state index < -0.39 is 11.4 Å². The van der Waals surface area contributed by atoms with Gasteiger partial charge in [0.1, 0.15) is 0 Å². The van der Waals surface area contributed by atoms with E-state index in [4.69, 9.17) is 11.6 Å². The minimum absolute atomic E-state index is 0.119. The van der Waals surface area contributed by atoms with Crippen LogP contribution < -0.4 is 4.90 Å². The van der Waals surface area contributed by atoms with Crippen molar-refractivity contribution in [1.29, 1.82) is 0 Å². The monoisotopic (exact) mass is 508 g/mol. The molecule has 1 aromatic heterocycles. The summed E-state index contributed by atoms with van der Waals surface area (Å²) < 4.78 is 0. The molecular weight excluding hydrogens is 484 g/mol. The molecule has 3 aromatic carbocycles. The van der Waals surface area contributed by atoms with Gasteiger partial charge in [0, 0.05) is 36.1 Å². The Labute approximate surface area is 220 Å². The van der Waals surface area contributed by atoms with Gasteiger partial charge in [0.25, 0.3) is 5.91 Å². The second kappa shape index (κ2) is 9.34. The number of benzene rings is 3. The summed E-state index contributed by atoms with van der Waals surface area (Å²) in [6.07, 6.45) is 5.37. The van der Waals surface area contributed by atoms with E-state index >= 15 is 0 Å². The Kier molecular flexibility index (Phi) is 6.18. The molecule has 1 aliphatic rings. The van der Waals surface area contributed by atoms with E-state index in [1.165, 1.54) is 0 Å². The Morgan fingerprint density at radius 1 is 0.892 bits per heavy atom. The Bertz CT molecular complexity index is 1540.